The van der Waals surface area contributed by atoms with Gasteiger partial charge >= 0.3 is 0 Å². The van der Waals surface area contributed by atoms with Crippen LogP contribution < -0.4 is 0 Å². The topological polar surface area (TPSA) is 23.6 Å². The van der Waals surface area contributed by atoms with Gasteiger partial charge in [-0.2, -0.15) is 0 Å². The van der Waals surface area contributed by atoms with Gasteiger partial charge in [0.05, 0.1) is 0 Å². The Morgan fingerprint density at radius 2 is 1.87 bits per heavy atom. The average Bonchev–Trinajstić information content (AvgIpc) is 3.37. The van der Waals surface area contributed by atoms with Gasteiger partial charge in [-0.05, 0) is 69.7 Å². The summed E-state index contributed by atoms with van der Waals surface area (Å²) in [5.41, 5.74) is 4.21. The Morgan fingerprint density at radius 3 is 2.52 bits per heavy atom. The zero-order valence-electron chi connectivity index (χ0n) is 14.8. The number of likely N-dealkylation sites (tertiary alicyclic amines) is 1. The fourth-order valence-corrected chi connectivity index (χ4v) is 3.66. The minimum Gasteiger partial charge on any atom is -0.345 e. The number of hydrogen-bond donors (Lipinski definition) is 0. The molecule has 0 bridgehead atoms. The van der Waals surface area contributed by atoms with Crippen LogP contribution in [0.5, 0.6) is 0 Å². The SMILES string of the molecule is Cc1ccc(C)c(CN2CCC(CN(C)C(=O)C3CC3)CC2)c1. The van der Waals surface area contributed by atoms with Crippen LogP contribution in [0.25, 0.3) is 0 Å². The Hall–Kier alpha value is -1.35. The lowest BCUT2D eigenvalue weighted by molar-refractivity contribution is -0.132. The summed E-state index contributed by atoms with van der Waals surface area (Å²) in [7, 11) is 1.99. The Kier molecular flexibility index (Phi) is 5.05. The van der Waals surface area contributed by atoms with E-state index in [-0.39, 0.29) is 0 Å². The molecule has 0 unspecified atom stereocenters. The first-order valence-electron chi connectivity index (χ1n) is 9.06. The zero-order valence-corrected chi connectivity index (χ0v) is 14.8. The Labute approximate surface area is 140 Å². The molecule has 1 aromatic carbocycles. The average molecular weight is 314 g/mol. The minimum atomic E-state index is 0.351. The van der Waals surface area contributed by atoms with Gasteiger partial charge in [0.1, 0.15) is 0 Å². The molecule has 23 heavy (non-hydrogen) atoms. The number of carbonyl (C=O) groups is 1. The van der Waals surface area contributed by atoms with Gasteiger partial charge in [0.25, 0.3) is 0 Å². The molecule has 2 aliphatic rings. The van der Waals surface area contributed by atoms with Crippen molar-refractivity contribution in [3.8, 4) is 0 Å². The maximum absolute atomic E-state index is 12.1. The molecule has 0 N–H and O–H groups in total. The first-order valence-corrected chi connectivity index (χ1v) is 9.06. The number of nitrogens with zero attached hydrogens (tertiary/aromatic N) is 2. The van der Waals surface area contributed by atoms with Gasteiger partial charge in [-0.1, -0.05) is 23.8 Å². The lowest BCUT2D eigenvalue weighted by atomic mass is 9.95. The molecule has 3 rings (SSSR count). The summed E-state index contributed by atoms with van der Waals surface area (Å²) in [5.74, 6) is 1.41. The Bertz CT molecular complexity index is 557. The maximum atomic E-state index is 12.1. The van der Waals surface area contributed by atoms with Gasteiger partial charge in [0, 0.05) is 26.1 Å². The zero-order chi connectivity index (χ0) is 16.4. The first kappa shape index (κ1) is 16.5. The molecule has 1 aliphatic heterocycles. The molecular formula is C20H30N2O. The second kappa shape index (κ2) is 7.04. The number of benzene rings is 1. The van der Waals surface area contributed by atoms with Crippen molar-refractivity contribution < 1.29 is 4.79 Å². The smallest absolute Gasteiger partial charge is 0.225 e. The fraction of sp³-hybridized carbons (Fsp3) is 0.650. The largest absolute Gasteiger partial charge is 0.345 e. The van der Waals surface area contributed by atoms with Crippen LogP contribution in [0.2, 0.25) is 0 Å². The minimum absolute atomic E-state index is 0.351. The van der Waals surface area contributed by atoms with Crippen LogP contribution in [0.4, 0.5) is 0 Å². The highest BCUT2D eigenvalue weighted by Gasteiger charge is 2.33. The van der Waals surface area contributed by atoms with Crippen molar-refractivity contribution in [2.24, 2.45) is 11.8 Å². The molecule has 126 valence electrons. The summed E-state index contributed by atoms with van der Waals surface area (Å²) in [6.07, 6.45) is 4.65. The molecule has 1 saturated heterocycles. The lowest BCUT2D eigenvalue weighted by Crippen LogP contribution is -2.39. The second-order valence-corrected chi connectivity index (χ2v) is 7.64. The summed E-state index contributed by atoms with van der Waals surface area (Å²) in [6.45, 7) is 8.71. The molecule has 1 aliphatic carbocycles. The van der Waals surface area contributed by atoms with Gasteiger partial charge in [-0.3, -0.25) is 9.69 Å². The van der Waals surface area contributed by atoms with E-state index in [1.54, 1.807) is 0 Å². The first-order chi connectivity index (χ1) is 11.0. The molecule has 0 spiro atoms. The Balaban J connectivity index is 1.46. The summed E-state index contributed by atoms with van der Waals surface area (Å²) in [5, 5.41) is 0. The predicted octanol–water partition coefficient (Wildman–Crippen LogP) is 3.38. The molecule has 1 aromatic rings. The molecule has 1 amide bonds. The van der Waals surface area contributed by atoms with Crippen molar-refractivity contribution in [1.82, 2.24) is 9.80 Å². The highest BCUT2D eigenvalue weighted by atomic mass is 16.2. The van der Waals surface area contributed by atoms with Gasteiger partial charge in [0.2, 0.25) is 5.91 Å². The van der Waals surface area contributed by atoms with Crippen molar-refractivity contribution >= 4 is 5.91 Å². The number of amides is 1. The van der Waals surface area contributed by atoms with Crippen LogP contribution in [0.1, 0.15) is 42.4 Å². The van der Waals surface area contributed by atoms with Crippen LogP contribution in [-0.2, 0) is 11.3 Å². The third-order valence-electron chi connectivity index (χ3n) is 5.44. The summed E-state index contributed by atoms with van der Waals surface area (Å²) in [4.78, 5) is 16.6. The van der Waals surface area contributed by atoms with E-state index >= 15 is 0 Å². The molecule has 0 aromatic heterocycles. The molecule has 1 heterocycles. The van der Waals surface area contributed by atoms with E-state index in [4.69, 9.17) is 0 Å². The summed E-state index contributed by atoms with van der Waals surface area (Å²) < 4.78 is 0. The Morgan fingerprint density at radius 1 is 1.17 bits per heavy atom. The van der Waals surface area contributed by atoms with Crippen molar-refractivity contribution in [3.63, 3.8) is 0 Å². The van der Waals surface area contributed by atoms with Crippen LogP contribution in [0.3, 0.4) is 0 Å². The van der Waals surface area contributed by atoms with E-state index in [1.807, 2.05) is 11.9 Å². The highest BCUT2D eigenvalue weighted by Crippen LogP contribution is 2.31. The number of piperidine rings is 1. The summed E-state index contributed by atoms with van der Waals surface area (Å²) >= 11 is 0. The number of rotatable bonds is 5. The number of aryl methyl sites for hydroxylation is 2. The van der Waals surface area contributed by atoms with E-state index in [0.29, 0.717) is 17.7 Å². The quantitative estimate of drug-likeness (QED) is 0.832. The van der Waals surface area contributed by atoms with Crippen molar-refractivity contribution in [1.29, 1.82) is 0 Å². The van der Waals surface area contributed by atoms with Crippen LogP contribution in [0, 0.1) is 25.7 Å². The monoisotopic (exact) mass is 314 g/mol. The molecule has 3 heteroatoms. The van der Waals surface area contributed by atoms with E-state index < -0.39 is 0 Å². The van der Waals surface area contributed by atoms with E-state index in [9.17, 15) is 4.79 Å². The third kappa shape index (κ3) is 4.35. The maximum Gasteiger partial charge on any atom is 0.225 e. The molecule has 2 fully saturated rings. The molecule has 1 saturated carbocycles. The molecule has 0 radical (unpaired) electrons. The molecular weight excluding hydrogens is 284 g/mol. The van der Waals surface area contributed by atoms with E-state index in [0.717, 1.165) is 39.0 Å². The summed E-state index contributed by atoms with van der Waals surface area (Å²) in [6, 6.07) is 6.75. The molecule has 0 atom stereocenters. The highest BCUT2D eigenvalue weighted by molar-refractivity contribution is 5.80. The standard InChI is InChI=1S/C20H30N2O/c1-15-4-5-16(2)19(12-15)14-22-10-8-17(9-11-22)13-21(3)20(23)18-6-7-18/h4-5,12,17-18H,6-11,13-14H2,1-3H3. The van der Waals surface area contributed by atoms with Crippen molar-refractivity contribution in [2.45, 2.75) is 46.1 Å². The fourth-order valence-electron chi connectivity index (χ4n) is 3.66. The number of carbonyl (C=O) groups excluding carboxylic acids is 1. The van der Waals surface area contributed by atoms with Crippen molar-refractivity contribution in [3.05, 3.63) is 34.9 Å². The normalized spacial score (nSPS) is 19.8. The van der Waals surface area contributed by atoms with E-state index in [1.165, 1.54) is 29.5 Å². The van der Waals surface area contributed by atoms with Crippen LogP contribution in [0.15, 0.2) is 18.2 Å². The van der Waals surface area contributed by atoms with Gasteiger partial charge < -0.3 is 4.90 Å². The van der Waals surface area contributed by atoms with Crippen LogP contribution in [-0.4, -0.2) is 42.4 Å². The third-order valence-corrected chi connectivity index (χ3v) is 5.44. The van der Waals surface area contributed by atoms with Crippen LogP contribution >= 0.6 is 0 Å². The van der Waals surface area contributed by atoms with Gasteiger partial charge in [0.15, 0.2) is 0 Å². The number of hydrogen-bond acceptors (Lipinski definition) is 2. The van der Waals surface area contributed by atoms with Gasteiger partial charge in [-0.15, -0.1) is 0 Å². The predicted molar refractivity (Wildman–Crippen MR) is 94.3 cm³/mol. The van der Waals surface area contributed by atoms with E-state index in [2.05, 4.69) is 36.9 Å². The molecule has 3 nitrogen and oxygen atoms in total. The van der Waals surface area contributed by atoms with Gasteiger partial charge in [-0.25, -0.2) is 0 Å². The second-order valence-electron chi connectivity index (χ2n) is 7.64. The van der Waals surface area contributed by atoms with Crippen molar-refractivity contribution in [2.75, 3.05) is 26.7 Å². The lowest BCUT2D eigenvalue weighted by Gasteiger charge is -2.34.